The fourth-order valence-electron chi connectivity index (χ4n) is 3.75. The maximum atomic E-state index is 12.7. The second-order valence-corrected chi connectivity index (χ2v) is 6.04. The number of nitrogen functional groups attached to an aromatic ring is 1. The van der Waals surface area contributed by atoms with Crippen molar-refractivity contribution in [2.75, 3.05) is 18.8 Å². The zero-order valence-corrected chi connectivity index (χ0v) is 11.3. The number of aromatic amines is 1. The summed E-state index contributed by atoms with van der Waals surface area (Å²) in [7, 11) is 0. The van der Waals surface area contributed by atoms with E-state index in [2.05, 4.69) is 10.2 Å². The predicted octanol–water partition coefficient (Wildman–Crippen LogP) is 2.02. The molecule has 4 rings (SSSR count). The number of nitrogens with one attached hydrogen (secondary N) is 1. The zero-order chi connectivity index (χ0) is 13.7. The number of aromatic nitrogens is 2. The number of carbonyl (C=O) groups excluding carboxylic acids is 1. The van der Waals surface area contributed by atoms with Gasteiger partial charge in [-0.25, -0.2) is 0 Å². The Bertz CT molecular complexity index is 666. The van der Waals surface area contributed by atoms with Crippen molar-refractivity contribution in [1.29, 1.82) is 0 Å². The molecule has 5 nitrogen and oxygen atoms in total. The molecule has 2 atom stereocenters. The van der Waals surface area contributed by atoms with Crippen molar-refractivity contribution < 1.29 is 4.79 Å². The molecule has 20 heavy (non-hydrogen) atoms. The van der Waals surface area contributed by atoms with Crippen molar-refractivity contribution in [1.82, 2.24) is 15.1 Å². The third-order valence-electron chi connectivity index (χ3n) is 4.80. The van der Waals surface area contributed by atoms with Crippen LogP contribution in [0, 0.1) is 11.8 Å². The van der Waals surface area contributed by atoms with Gasteiger partial charge in [0.15, 0.2) is 5.69 Å². The van der Waals surface area contributed by atoms with Crippen molar-refractivity contribution in [3.05, 3.63) is 23.9 Å². The van der Waals surface area contributed by atoms with Crippen LogP contribution in [0.3, 0.4) is 0 Å². The molecule has 2 aliphatic rings. The first kappa shape index (κ1) is 11.8. The van der Waals surface area contributed by atoms with E-state index in [9.17, 15) is 4.79 Å². The number of benzene rings is 1. The molecule has 0 spiro atoms. The molecule has 1 saturated heterocycles. The minimum Gasteiger partial charge on any atom is -0.399 e. The highest BCUT2D eigenvalue weighted by molar-refractivity contribution is 6.05. The summed E-state index contributed by atoms with van der Waals surface area (Å²) in [4.78, 5) is 14.6. The highest BCUT2D eigenvalue weighted by Crippen LogP contribution is 2.38. The average molecular weight is 270 g/mol. The van der Waals surface area contributed by atoms with Crippen molar-refractivity contribution >= 4 is 22.5 Å². The molecule has 1 amide bonds. The summed E-state index contributed by atoms with van der Waals surface area (Å²) in [6, 6.07) is 5.51. The number of nitrogens with zero attached hydrogens (tertiary/aromatic N) is 2. The third kappa shape index (κ3) is 1.69. The van der Waals surface area contributed by atoms with Gasteiger partial charge < -0.3 is 10.6 Å². The Morgan fingerprint density at radius 2 is 2.05 bits per heavy atom. The average Bonchev–Trinajstić information content (AvgIpc) is 3.10. The molecular formula is C15H18N4O. The van der Waals surface area contributed by atoms with Gasteiger partial charge in [0.25, 0.3) is 5.91 Å². The van der Waals surface area contributed by atoms with Gasteiger partial charge in [-0.15, -0.1) is 0 Å². The molecule has 1 aromatic heterocycles. The van der Waals surface area contributed by atoms with E-state index >= 15 is 0 Å². The van der Waals surface area contributed by atoms with Gasteiger partial charge in [0.1, 0.15) is 0 Å². The van der Waals surface area contributed by atoms with E-state index in [0.29, 0.717) is 23.2 Å². The molecule has 2 unspecified atom stereocenters. The SMILES string of the molecule is Nc1ccc2[nH]nc(C(=O)N3CC4CCCC4C3)c2c1. The normalized spacial score (nSPS) is 25.3. The van der Waals surface area contributed by atoms with E-state index in [4.69, 9.17) is 5.73 Å². The van der Waals surface area contributed by atoms with Crippen molar-refractivity contribution in [2.24, 2.45) is 11.8 Å². The number of rotatable bonds is 1. The minimum absolute atomic E-state index is 0.0382. The molecule has 1 aliphatic heterocycles. The van der Waals surface area contributed by atoms with E-state index in [1.54, 1.807) is 0 Å². The Morgan fingerprint density at radius 3 is 2.80 bits per heavy atom. The number of amides is 1. The van der Waals surface area contributed by atoms with E-state index in [1.165, 1.54) is 19.3 Å². The van der Waals surface area contributed by atoms with Crippen LogP contribution in [0.1, 0.15) is 29.8 Å². The van der Waals surface area contributed by atoms with Gasteiger partial charge in [-0.1, -0.05) is 6.42 Å². The maximum absolute atomic E-state index is 12.7. The van der Waals surface area contributed by atoms with E-state index in [0.717, 1.165) is 24.0 Å². The summed E-state index contributed by atoms with van der Waals surface area (Å²) in [5.74, 6) is 1.44. The summed E-state index contributed by atoms with van der Waals surface area (Å²) < 4.78 is 0. The number of hydrogen-bond acceptors (Lipinski definition) is 3. The first-order valence-electron chi connectivity index (χ1n) is 7.25. The van der Waals surface area contributed by atoms with Gasteiger partial charge in [0.05, 0.1) is 5.52 Å². The van der Waals surface area contributed by atoms with Gasteiger partial charge >= 0.3 is 0 Å². The standard InChI is InChI=1S/C15H18N4O/c16-11-4-5-13-12(6-11)14(18-17-13)15(20)19-7-9-2-1-3-10(9)8-19/h4-6,9-10H,1-3,7-8,16H2,(H,17,18). The molecule has 104 valence electrons. The second kappa shape index (κ2) is 4.23. The predicted molar refractivity (Wildman–Crippen MR) is 77.2 cm³/mol. The van der Waals surface area contributed by atoms with E-state index in [1.807, 2.05) is 23.1 Å². The third-order valence-corrected chi connectivity index (χ3v) is 4.80. The second-order valence-electron chi connectivity index (χ2n) is 6.04. The van der Waals surface area contributed by atoms with E-state index < -0.39 is 0 Å². The van der Waals surface area contributed by atoms with Crippen molar-refractivity contribution in [2.45, 2.75) is 19.3 Å². The molecule has 2 fully saturated rings. The van der Waals surface area contributed by atoms with Crippen molar-refractivity contribution in [3.8, 4) is 0 Å². The van der Waals surface area contributed by atoms with Crippen LogP contribution in [0.25, 0.3) is 10.9 Å². The number of hydrogen-bond donors (Lipinski definition) is 2. The molecule has 1 aliphatic carbocycles. The molecular weight excluding hydrogens is 252 g/mol. The van der Waals surface area contributed by atoms with Gasteiger partial charge in [0, 0.05) is 24.2 Å². The topological polar surface area (TPSA) is 75.0 Å². The summed E-state index contributed by atoms with van der Waals surface area (Å²) in [5, 5.41) is 7.95. The zero-order valence-electron chi connectivity index (χ0n) is 11.3. The van der Waals surface area contributed by atoms with Crippen LogP contribution in [0.5, 0.6) is 0 Å². The summed E-state index contributed by atoms with van der Waals surface area (Å²) >= 11 is 0. The Kier molecular flexibility index (Phi) is 2.49. The summed E-state index contributed by atoms with van der Waals surface area (Å²) in [5.41, 5.74) is 7.84. The Hall–Kier alpha value is -2.04. The lowest BCUT2D eigenvalue weighted by atomic mass is 10.0. The molecule has 1 aromatic carbocycles. The van der Waals surface area contributed by atoms with Crippen LogP contribution < -0.4 is 5.73 Å². The monoisotopic (exact) mass is 270 g/mol. The lowest BCUT2D eigenvalue weighted by Gasteiger charge is -2.16. The van der Waals surface area contributed by atoms with Gasteiger partial charge in [-0.3, -0.25) is 9.89 Å². The molecule has 1 saturated carbocycles. The number of fused-ring (bicyclic) bond motifs is 2. The lowest BCUT2D eigenvalue weighted by Crippen LogP contribution is -2.29. The van der Waals surface area contributed by atoms with Gasteiger partial charge in [-0.05, 0) is 42.9 Å². The highest BCUT2D eigenvalue weighted by atomic mass is 16.2. The van der Waals surface area contributed by atoms with Gasteiger partial charge in [0.2, 0.25) is 0 Å². The molecule has 0 bridgehead atoms. The van der Waals surface area contributed by atoms with Crippen molar-refractivity contribution in [3.63, 3.8) is 0 Å². The Balaban J connectivity index is 1.66. The summed E-state index contributed by atoms with van der Waals surface area (Å²) in [6.07, 6.45) is 3.85. The first-order chi connectivity index (χ1) is 9.72. The molecule has 3 N–H and O–H groups in total. The molecule has 2 heterocycles. The summed E-state index contributed by atoms with van der Waals surface area (Å²) in [6.45, 7) is 1.78. The van der Waals surface area contributed by atoms with Crippen LogP contribution in [-0.2, 0) is 0 Å². The van der Waals surface area contributed by atoms with Crippen LogP contribution in [0.15, 0.2) is 18.2 Å². The smallest absolute Gasteiger partial charge is 0.275 e. The van der Waals surface area contributed by atoms with E-state index in [-0.39, 0.29) is 5.91 Å². The fourth-order valence-corrected chi connectivity index (χ4v) is 3.75. The Morgan fingerprint density at radius 1 is 1.30 bits per heavy atom. The lowest BCUT2D eigenvalue weighted by molar-refractivity contribution is 0.0776. The minimum atomic E-state index is 0.0382. The number of anilines is 1. The maximum Gasteiger partial charge on any atom is 0.275 e. The quantitative estimate of drug-likeness (QED) is 0.778. The van der Waals surface area contributed by atoms with Crippen LogP contribution in [-0.4, -0.2) is 34.1 Å². The van der Waals surface area contributed by atoms with Gasteiger partial charge in [-0.2, -0.15) is 5.10 Å². The van der Waals surface area contributed by atoms with Crippen LogP contribution in [0.4, 0.5) is 5.69 Å². The molecule has 2 aromatic rings. The number of nitrogens with two attached hydrogens (primary N) is 1. The molecule has 5 heteroatoms. The fraction of sp³-hybridized carbons (Fsp3) is 0.467. The Labute approximate surface area is 117 Å². The largest absolute Gasteiger partial charge is 0.399 e. The first-order valence-corrected chi connectivity index (χ1v) is 7.25. The highest BCUT2D eigenvalue weighted by Gasteiger charge is 2.38. The molecule has 0 radical (unpaired) electrons. The number of H-pyrrole nitrogens is 1. The number of likely N-dealkylation sites (tertiary alicyclic amines) is 1. The van der Waals surface area contributed by atoms with Crippen LogP contribution in [0.2, 0.25) is 0 Å². The van der Waals surface area contributed by atoms with Crippen LogP contribution >= 0.6 is 0 Å². The number of carbonyl (C=O) groups is 1.